The molecule has 8 nitrogen and oxygen atoms in total. The number of aromatic nitrogens is 5. The van der Waals surface area contributed by atoms with Gasteiger partial charge in [-0.05, 0) is 43.4 Å². The Morgan fingerprint density at radius 2 is 1.85 bits per heavy atom. The maximum atomic E-state index is 15.1. The number of carbonyl (C=O) groups is 1. The first-order valence-corrected chi connectivity index (χ1v) is 10.8. The molecule has 0 saturated carbocycles. The molecule has 0 aliphatic carbocycles. The van der Waals surface area contributed by atoms with Crippen molar-refractivity contribution in [1.29, 1.82) is 0 Å². The molecule has 2 atom stereocenters. The predicted octanol–water partition coefficient (Wildman–Crippen LogP) is 3.88. The van der Waals surface area contributed by atoms with Crippen LogP contribution in [0.4, 0.5) is 23.5 Å². The van der Waals surface area contributed by atoms with Crippen molar-refractivity contribution >= 4 is 11.9 Å². The van der Waals surface area contributed by atoms with Crippen molar-refractivity contribution in [2.45, 2.75) is 38.9 Å². The van der Waals surface area contributed by atoms with Crippen molar-refractivity contribution in [2.24, 2.45) is 5.92 Å². The summed E-state index contributed by atoms with van der Waals surface area (Å²) in [5, 5.41) is 11.0. The number of carbonyl (C=O) groups excluding carboxylic acids is 1. The topological polar surface area (TPSA) is 88.8 Å². The molecule has 1 fully saturated rings. The van der Waals surface area contributed by atoms with E-state index >= 15 is 4.39 Å². The fourth-order valence-corrected chi connectivity index (χ4v) is 4.15. The van der Waals surface area contributed by atoms with Crippen LogP contribution >= 0.6 is 0 Å². The summed E-state index contributed by atoms with van der Waals surface area (Å²) >= 11 is 0. The zero-order chi connectivity index (χ0) is 24.5. The molecule has 1 aromatic carbocycles. The molecule has 2 unspecified atom stereocenters. The van der Waals surface area contributed by atoms with Gasteiger partial charge in [-0.2, -0.15) is 28.2 Å². The Morgan fingerprint density at radius 1 is 1.18 bits per heavy atom. The van der Waals surface area contributed by atoms with Gasteiger partial charge >= 0.3 is 6.18 Å². The lowest BCUT2D eigenvalue weighted by molar-refractivity contribution is -0.138. The summed E-state index contributed by atoms with van der Waals surface area (Å²) in [5.74, 6) is -1.11. The van der Waals surface area contributed by atoms with E-state index in [0.717, 1.165) is 12.8 Å². The Kier molecular flexibility index (Phi) is 6.49. The Bertz CT molecular complexity index is 1150. The lowest BCUT2D eigenvalue weighted by atomic mass is 9.89. The minimum Gasteiger partial charge on any atom is -0.352 e. The van der Waals surface area contributed by atoms with E-state index in [-0.39, 0.29) is 35.7 Å². The minimum atomic E-state index is -4.53. The molecular formula is C22H23F4N7O. The van der Waals surface area contributed by atoms with Crippen LogP contribution in [0.5, 0.6) is 0 Å². The van der Waals surface area contributed by atoms with Crippen LogP contribution in [0.2, 0.25) is 0 Å². The number of hydrogen-bond donors (Lipinski definition) is 1. The summed E-state index contributed by atoms with van der Waals surface area (Å²) in [7, 11) is 0. The summed E-state index contributed by atoms with van der Waals surface area (Å²) in [5.41, 5.74) is -0.225. The lowest BCUT2D eigenvalue weighted by Crippen LogP contribution is -2.51. The van der Waals surface area contributed by atoms with Gasteiger partial charge in [0.25, 0.3) is 5.91 Å². The number of rotatable bonds is 5. The highest BCUT2D eigenvalue weighted by molar-refractivity contribution is 5.98. The van der Waals surface area contributed by atoms with Crippen LogP contribution in [0.15, 0.2) is 36.9 Å². The predicted molar refractivity (Wildman–Crippen MR) is 115 cm³/mol. The number of piperidine rings is 1. The van der Waals surface area contributed by atoms with Gasteiger partial charge in [0.05, 0.1) is 24.0 Å². The number of benzene rings is 1. The number of amides is 1. The molecule has 180 valence electrons. The normalized spacial score (nSPS) is 18.7. The van der Waals surface area contributed by atoms with E-state index in [9.17, 15) is 18.0 Å². The van der Waals surface area contributed by atoms with Crippen molar-refractivity contribution in [3.63, 3.8) is 0 Å². The van der Waals surface area contributed by atoms with E-state index in [1.54, 1.807) is 17.9 Å². The van der Waals surface area contributed by atoms with E-state index < -0.39 is 23.5 Å². The van der Waals surface area contributed by atoms with Gasteiger partial charge in [-0.3, -0.25) is 4.79 Å². The third-order valence-electron chi connectivity index (χ3n) is 5.89. The van der Waals surface area contributed by atoms with Gasteiger partial charge in [-0.15, -0.1) is 0 Å². The first kappa shape index (κ1) is 23.6. The van der Waals surface area contributed by atoms with Gasteiger partial charge in [0.15, 0.2) is 0 Å². The van der Waals surface area contributed by atoms with Crippen LogP contribution in [0.25, 0.3) is 5.69 Å². The van der Waals surface area contributed by atoms with E-state index in [1.807, 2.05) is 6.92 Å². The first-order chi connectivity index (χ1) is 16.1. The molecule has 2 aromatic heterocycles. The number of alkyl halides is 3. The molecule has 1 aliphatic heterocycles. The molecular weight excluding hydrogens is 454 g/mol. The van der Waals surface area contributed by atoms with E-state index in [1.165, 1.54) is 23.3 Å². The lowest BCUT2D eigenvalue weighted by Gasteiger charge is -2.40. The van der Waals surface area contributed by atoms with Crippen LogP contribution in [0.3, 0.4) is 0 Å². The number of likely N-dealkylation sites (tertiary alicyclic amines) is 1. The SMILES string of the molecule is Cc1cc(F)c(C(=O)N2CCCC(C)C2CNc2ncc(C(F)(F)F)cn2)c(-n2nccn2)c1. The monoisotopic (exact) mass is 477 g/mol. The molecule has 1 saturated heterocycles. The highest BCUT2D eigenvalue weighted by Gasteiger charge is 2.35. The maximum Gasteiger partial charge on any atom is 0.419 e. The molecule has 0 spiro atoms. The molecule has 1 N–H and O–H groups in total. The highest BCUT2D eigenvalue weighted by Crippen LogP contribution is 2.30. The second-order valence-electron chi connectivity index (χ2n) is 8.32. The molecule has 1 amide bonds. The number of nitrogens with one attached hydrogen (secondary N) is 1. The number of hydrogen-bond acceptors (Lipinski definition) is 6. The van der Waals surface area contributed by atoms with Crippen molar-refractivity contribution in [1.82, 2.24) is 29.9 Å². The van der Waals surface area contributed by atoms with Crippen molar-refractivity contribution in [2.75, 3.05) is 18.4 Å². The quantitative estimate of drug-likeness (QED) is 0.562. The largest absolute Gasteiger partial charge is 0.419 e. The van der Waals surface area contributed by atoms with Crippen LogP contribution in [-0.4, -0.2) is 54.9 Å². The molecule has 12 heteroatoms. The third kappa shape index (κ3) is 4.85. The van der Waals surface area contributed by atoms with Crippen LogP contribution in [-0.2, 0) is 6.18 Å². The first-order valence-electron chi connectivity index (χ1n) is 10.8. The van der Waals surface area contributed by atoms with Crippen LogP contribution in [0, 0.1) is 18.7 Å². The Balaban J connectivity index is 1.59. The number of nitrogens with zero attached hydrogens (tertiary/aromatic N) is 6. The summed E-state index contributed by atoms with van der Waals surface area (Å²) in [6, 6.07) is 2.58. The molecule has 34 heavy (non-hydrogen) atoms. The van der Waals surface area contributed by atoms with E-state index in [2.05, 4.69) is 25.5 Å². The fourth-order valence-electron chi connectivity index (χ4n) is 4.15. The third-order valence-corrected chi connectivity index (χ3v) is 5.89. The summed E-state index contributed by atoms with van der Waals surface area (Å²) in [4.78, 5) is 23.9. The molecule has 1 aliphatic rings. The minimum absolute atomic E-state index is 0.0149. The zero-order valence-electron chi connectivity index (χ0n) is 18.6. The Labute approximate surface area is 193 Å². The van der Waals surface area contributed by atoms with Crippen LogP contribution < -0.4 is 5.32 Å². The fraction of sp³-hybridized carbons (Fsp3) is 0.409. The molecule has 0 radical (unpaired) electrons. The second kappa shape index (κ2) is 9.35. The second-order valence-corrected chi connectivity index (χ2v) is 8.32. The van der Waals surface area contributed by atoms with Gasteiger partial charge < -0.3 is 10.2 Å². The molecule has 3 heterocycles. The maximum absolute atomic E-state index is 15.1. The van der Waals surface area contributed by atoms with Gasteiger partial charge in [0.2, 0.25) is 5.95 Å². The Hall–Kier alpha value is -3.57. The average Bonchev–Trinajstić information content (AvgIpc) is 3.32. The smallest absolute Gasteiger partial charge is 0.352 e. The van der Waals surface area contributed by atoms with Gasteiger partial charge in [-0.25, -0.2) is 14.4 Å². The summed E-state index contributed by atoms with van der Waals surface area (Å²) in [6.45, 7) is 4.29. The van der Waals surface area contributed by atoms with Crippen molar-refractivity contribution in [3.8, 4) is 5.69 Å². The zero-order valence-corrected chi connectivity index (χ0v) is 18.6. The van der Waals surface area contributed by atoms with E-state index in [4.69, 9.17) is 0 Å². The molecule has 4 rings (SSSR count). The summed E-state index contributed by atoms with van der Waals surface area (Å²) in [6.07, 6.45) is 1.33. The average molecular weight is 477 g/mol. The number of halogens is 4. The van der Waals surface area contributed by atoms with Crippen LogP contribution in [0.1, 0.15) is 41.3 Å². The van der Waals surface area contributed by atoms with Gasteiger partial charge in [-0.1, -0.05) is 6.92 Å². The highest BCUT2D eigenvalue weighted by atomic mass is 19.4. The number of anilines is 1. The molecule has 0 bridgehead atoms. The Morgan fingerprint density at radius 3 is 2.50 bits per heavy atom. The molecule has 3 aromatic rings. The summed E-state index contributed by atoms with van der Waals surface area (Å²) < 4.78 is 53.3. The van der Waals surface area contributed by atoms with Gasteiger partial charge in [0.1, 0.15) is 17.1 Å². The standard InChI is InChI=1S/C22H23F4N7O/c1-13-8-16(23)19(17(9-13)33-30-5-6-31-33)20(34)32-7-3-4-14(2)18(32)12-29-21-27-10-15(11-28-21)22(24,25)26/h5-6,8-11,14,18H,3-4,7,12H2,1-2H3,(H,27,28,29). The van der Waals surface area contributed by atoms with Crippen molar-refractivity contribution in [3.05, 3.63) is 59.4 Å². The van der Waals surface area contributed by atoms with E-state index in [0.29, 0.717) is 24.5 Å². The van der Waals surface area contributed by atoms with Gasteiger partial charge in [0, 0.05) is 25.5 Å². The number of aryl methyl sites for hydroxylation is 1. The van der Waals surface area contributed by atoms with Crippen molar-refractivity contribution < 1.29 is 22.4 Å².